The molecule has 1 spiro atoms. The van der Waals surface area contributed by atoms with Crippen molar-refractivity contribution < 1.29 is 28.7 Å². The molecule has 0 aromatic heterocycles. The molecule has 56 heavy (non-hydrogen) atoms. The number of carbonyl (C=O) groups is 5. The molecular formula is C43H45ClN6O6. The number of amides is 5. The number of nitrogens with zero attached hydrogens (tertiary/aromatic N) is 3. The number of hydrogen-bond acceptors (Lipinski definition) is 9. The first-order valence-corrected chi connectivity index (χ1v) is 19.6. The van der Waals surface area contributed by atoms with Crippen LogP contribution in [-0.4, -0.2) is 71.8 Å². The van der Waals surface area contributed by atoms with Crippen molar-refractivity contribution in [2.75, 3.05) is 23.3 Å². The molecule has 0 bridgehead atoms. The summed E-state index contributed by atoms with van der Waals surface area (Å²) >= 11 is 6.24. The Morgan fingerprint density at radius 1 is 0.911 bits per heavy atom. The van der Waals surface area contributed by atoms with Gasteiger partial charge in [0.25, 0.3) is 17.7 Å². The van der Waals surface area contributed by atoms with E-state index in [4.69, 9.17) is 16.3 Å². The van der Waals surface area contributed by atoms with E-state index in [1.807, 2.05) is 30.3 Å². The minimum absolute atomic E-state index is 0.0865. The summed E-state index contributed by atoms with van der Waals surface area (Å²) in [7, 11) is 0. The molecule has 1 atom stereocenters. The number of piperidine rings is 2. The highest BCUT2D eigenvalue weighted by molar-refractivity contribution is 6.31. The molecular weight excluding hydrogens is 732 g/mol. The molecule has 3 aromatic rings. The molecule has 5 aliphatic rings. The first-order chi connectivity index (χ1) is 26.6. The minimum Gasteiger partial charge on any atom is -0.489 e. The van der Waals surface area contributed by atoms with Crippen LogP contribution in [0.2, 0.25) is 5.02 Å². The van der Waals surface area contributed by atoms with Crippen LogP contribution in [0.25, 0.3) is 0 Å². The van der Waals surface area contributed by atoms with Gasteiger partial charge in [-0.15, -0.1) is 0 Å². The second-order valence-electron chi connectivity index (χ2n) is 17.3. The average molecular weight is 777 g/mol. The zero-order valence-electron chi connectivity index (χ0n) is 31.9. The van der Waals surface area contributed by atoms with Gasteiger partial charge in [-0.05, 0) is 92.1 Å². The molecule has 3 heterocycles. The fourth-order valence-corrected chi connectivity index (χ4v) is 10.4. The Morgan fingerprint density at radius 3 is 2.23 bits per heavy atom. The van der Waals surface area contributed by atoms with Gasteiger partial charge in [0.15, 0.2) is 0 Å². The smallest absolute Gasteiger partial charge is 0.262 e. The Hall–Kier alpha value is -5.41. The van der Waals surface area contributed by atoms with Crippen molar-refractivity contribution in [3.63, 3.8) is 0 Å². The molecule has 3 aliphatic heterocycles. The number of rotatable bonds is 8. The lowest BCUT2D eigenvalue weighted by atomic mass is 9.49. The van der Waals surface area contributed by atoms with Crippen molar-refractivity contribution in [1.29, 1.82) is 5.26 Å². The lowest BCUT2D eigenvalue weighted by molar-refractivity contribution is -0.164. The van der Waals surface area contributed by atoms with Gasteiger partial charge in [-0.2, -0.15) is 5.26 Å². The van der Waals surface area contributed by atoms with Crippen LogP contribution in [-0.2, 0) is 9.59 Å². The predicted molar refractivity (Wildman–Crippen MR) is 209 cm³/mol. The summed E-state index contributed by atoms with van der Waals surface area (Å²) in [6, 6.07) is 19.3. The lowest BCUT2D eigenvalue weighted by Crippen LogP contribution is -2.74. The third kappa shape index (κ3) is 6.36. The van der Waals surface area contributed by atoms with Crippen LogP contribution in [0.15, 0.2) is 60.7 Å². The zero-order valence-corrected chi connectivity index (χ0v) is 32.7. The van der Waals surface area contributed by atoms with Crippen LogP contribution >= 0.6 is 11.6 Å². The normalized spacial score (nSPS) is 24.8. The van der Waals surface area contributed by atoms with E-state index in [1.54, 1.807) is 30.3 Å². The molecule has 290 valence electrons. The van der Waals surface area contributed by atoms with Gasteiger partial charge >= 0.3 is 0 Å². The van der Waals surface area contributed by atoms with Crippen molar-refractivity contribution in [2.45, 2.75) is 90.4 Å². The summed E-state index contributed by atoms with van der Waals surface area (Å²) in [6.45, 7) is 10.00. The molecule has 4 fully saturated rings. The standard InChI is InChI=1S/C43H45ClN6O6/c1-41(2)39(42(3,4)40(41)56-29-11-7-25(23-45)32(44)20-29)48-35(52)24-5-8-26(9-6-24)46-27-21-43(22-27)15-17-49(18-16-43)28-10-12-30-31(19-28)38(55)50(37(30)54)33-13-14-34(51)47-36(33)53/h5-12,19-20,27,33,39-40,46H,13-18,21-22H2,1-4H3,(H,48,52)(H,47,51,53). The lowest BCUT2D eigenvalue weighted by Gasteiger charge is -2.63. The summed E-state index contributed by atoms with van der Waals surface area (Å²) in [5.41, 5.74) is 2.95. The number of hydrogen-bond donors (Lipinski definition) is 3. The zero-order chi connectivity index (χ0) is 39.7. The van der Waals surface area contributed by atoms with Gasteiger partial charge in [-0.25, -0.2) is 0 Å². The highest BCUT2D eigenvalue weighted by Crippen LogP contribution is 2.56. The molecule has 3 N–H and O–H groups in total. The van der Waals surface area contributed by atoms with E-state index >= 15 is 0 Å². The molecule has 2 saturated heterocycles. The van der Waals surface area contributed by atoms with E-state index in [2.05, 4.69) is 54.6 Å². The largest absolute Gasteiger partial charge is 0.489 e. The van der Waals surface area contributed by atoms with Crippen molar-refractivity contribution in [2.24, 2.45) is 16.2 Å². The number of fused-ring (bicyclic) bond motifs is 1. The number of carbonyl (C=O) groups excluding carboxylic acids is 5. The van der Waals surface area contributed by atoms with Crippen LogP contribution in [0.5, 0.6) is 5.75 Å². The number of benzene rings is 3. The molecule has 3 aromatic carbocycles. The SMILES string of the molecule is CC1(C)C(NC(=O)c2ccc(NC3CC4(CCN(c5ccc6c(c5)C(=O)N(C5CCC(=O)NC5=O)C6=O)CC4)C3)cc2)C(C)(C)C1Oc1ccc(C#N)c(Cl)c1. The van der Waals surface area contributed by atoms with E-state index in [0.717, 1.165) is 55.0 Å². The minimum atomic E-state index is -0.979. The second kappa shape index (κ2) is 13.7. The summed E-state index contributed by atoms with van der Waals surface area (Å²) < 4.78 is 6.37. The average Bonchev–Trinajstić information content (AvgIpc) is 3.40. The van der Waals surface area contributed by atoms with Gasteiger partial charge in [0.05, 0.1) is 21.7 Å². The van der Waals surface area contributed by atoms with Crippen molar-refractivity contribution in [3.05, 3.63) is 87.9 Å². The summed E-state index contributed by atoms with van der Waals surface area (Å²) in [4.78, 5) is 67.2. The van der Waals surface area contributed by atoms with Gasteiger partial charge in [0.2, 0.25) is 11.8 Å². The Labute approximate surface area is 330 Å². The molecule has 12 nitrogen and oxygen atoms in total. The first kappa shape index (κ1) is 37.5. The number of imide groups is 2. The predicted octanol–water partition coefficient (Wildman–Crippen LogP) is 6.09. The first-order valence-electron chi connectivity index (χ1n) is 19.2. The van der Waals surface area contributed by atoms with Crippen molar-refractivity contribution in [1.82, 2.24) is 15.5 Å². The fraction of sp³-hybridized carbons (Fsp3) is 0.442. The van der Waals surface area contributed by atoms with Gasteiger partial charge in [0.1, 0.15) is 24.0 Å². The number of nitrogens with one attached hydrogen (secondary N) is 3. The van der Waals surface area contributed by atoms with E-state index in [9.17, 15) is 29.2 Å². The maximum atomic E-state index is 13.4. The van der Waals surface area contributed by atoms with Crippen LogP contribution < -0.4 is 25.6 Å². The topological polar surface area (TPSA) is 161 Å². The Balaban J connectivity index is 0.815. The highest BCUT2D eigenvalue weighted by Gasteiger charge is 2.64. The molecule has 13 heteroatoms. The van der Waals surface area contributed by atoms with E-state index in [0.29, 0.717) is 33.5 Å². The van der Waals surface area contributed by atoms with Crippen LogP contribution in [0.1, 0.15) is 103 Å². The Bertz CT molecular complexity index is 2180. The van der Waals surface area contributed by atoms with E-state index in [-0.39, 0.29) is 52.7 Å². The van der Waals surface area contributed by atoms with Gasteiger partial charge in [-0.3, -0.25) is 34.2 Å². The molecule has 5 amide bonds. The molecule has 8 rings (SSSR count). The molecule has 2 saturated carbocycles. The van der Waals surface area contributed by atoms with Gasteiger partial charge < -0.3 is 20.3 Å². The Kier molecular flexibility index (Phi) is 9.15. The highest BCUT2D eigenvalue weighted by atomic mass is 35.5. The summed E-state index contributed by atoms with van der Waals surface area (Å²) in [5, 5.41) is 18.7. The van der Waals surface area contributed by atoms with Gasteiger partial charge in [0, 0.05) is 65.4 Å². The summed E-state index contributed by atoms with van der Waals surface area (Å²) in [6.07, 6.45) is 4.14. The molecule has 2 aliphatic carbocycles. The van der Waals surface area contributed by atoms with Crippen LogP contribution in [0, 0.1) is 27.6 Å². The third-order valence-electron chi connectivity index (χ3n) is 12.9. The molecule has 0 radical (unpaired) electrons. The summed E-state index contributed by atoms with van der Waals surface area (Å²) in [5.74, 6) is -1.54. The quantitative estimate of drug-likeness (QED) is 0.230. The third-order valence-corrected chi connectivity index (χ3v) is 13.2. The van der Waals surface area contributed by atoms with Crippen LogP contribution in [0.3, 0.4) is 0 Å². The monoisotopic (exact) mass is 776 g/mol. The van der Waals surface area contributed by atoms with E-state index < -0.39 is 29.7 Å². The number of ether oxygens (including phenoxy) is 1. The number of nitriles is 1. The van der Waals surface area contributed by atoms with Crippen molar-refractivity contribution in [3.8, 4) is 11.8 Å². The Morgan fingerprint density at radius 2 is 1.59 bits per heavy atom. The fourth-order valence-electron chi connectivity index (χ4n) is 10.2. The number of anilines is 2. The van der Waals surface area contributed by atoms with Crippen molar-refractivity contribution >= 4 is 52.5 Å². The van der Waals surface area contributed by atoms with Gasteiger partial charge in [-0.1, -0.05) is 39.3 Å². The second-order valence-corrected chi connectivity index (χ2v) is 17.7. The van der Waals surface area contributed by atoms with E-state index in [1.165, 1.54) is 0 Å². The maximum Gasteiger partial charge on any atom is 0.262 e. The number of halogens is 1. The van der Waals surface area contributed by atoms with Crippen LogP contribution in [0.4, 0.5) is 11.4 Å². The maximum absolute atomic E-state index is 13.4. The molecule has 1 unspecified atom stereocenters.